The SMILES string of the molecule is CCc1nc(Cn2cccc2CNC(C)(C)C)cs1. The van der Waals surface area contributed by atoms with Gasteiger partial charge >= 0.3 is 0 Å². The van der Waals surface area contributed by atoms with Crippen molar-refractivity contribution in [3.8, 4) is 0 Å². The number of thiazole rings is 1. The molecule has 0 saturated heterocycles. The van der Waals surface area contributed by atoms with E-state index in [1.807, 2.05) is 0 Å². The van der Waals surface area contributed by atoms with E-state index in [0.29, 0.717) is 0 Å². The fraction of sp³-hybridized carbons (Fsp3) is 0.533. The molecule has 0 amide bonds. The Balaban J connectivity index is 2.03. The van der Waals surface area contributed by atoms with Gasteiger partial charge in [-0.3, -0.25) is 0 Å². The molecular weight excluding hydrogens is 254 g/mol. The summed E-state index contributed by atoms with van der Waals surface area (Å²) in [6.07, 6.45) is 3.15. The summed E-state index contributed by atoms with van der Waals surface area (Å²) in [6, 6.07) is 4.28. The van der Waals surface area contributed by atoms with Crippen LogP contribution in [0.15, 0.2) is 23.7 Å². The van der Waals surface area contributed by atoms with Crippen molar-refractivity contribution >= 4 is 11.3 Å². The van der Waals surface area contributed by atoms with Crippen molar-refractivity contribution in [1.82, 2.24) is 14.9 Å². The molecule has 0 radical (unpaired) electrons. The zero-order chi connectivity index (χ0) is 13.9. The van der Waals surface area contributed by atoms with E-state index in [-0.39, 0.29) is 5.54 Å². The van der Waals surface area contributed by atoms with Crippen LogP contribution in [0.1, 0.15) is 44.1 Å². The Morgan fingerprint density at radius 2 is 2.16 bits per heavy atom. The molecule has 0 aliphatic heterocycles. The van der Waals surface area contributed by atoms with Crippen molar-refractivity contribution in [1.29, 1.82) is 0 Å². The summed E-state index contributed by atoms with van der Waals surface area (Å²) < 4.78 is 2.27. The van der Waals surface area contributed by atoms with Gasteiger partial charge in [-0.15, -0.1) is 11.3 Å². The van der Waals surface area contributed by atoms with Crippen LogP contribution in [0, 0.1) is 0 Å². The molecule has 0 fully saturated rings. The number of hydrogen-bond acceptors (Lipinski definition) is 3. The van der Waals surface area contributed by atoms with E-state index in [0.717, 1.165) is 25.2 Å². The number of rotatable bonds is 5. The first kappa shape index (κ1) is 14.3. The van der Waals surface area contributed by atoms with Crippen LogP contribution in [0.5, 0.6) is 0 Å². The van der Waals surface area contributed by atoms with Crippen molar-refractivity contribution in [2.45, 2.75) is 52.7 Å². The quantitative estimate of drug-likeness (QED) is 0.907. The minimum absolute atomic E-state index is 0.144. The Bertz CT molecular complexity index is 519. The van der Waals surface area contributed by atoms with Crippen molar-refractivity contribution in [3.05, 3.63) is 40.1 Å². The van der Waals surface area contributed by atoms with Gasteiger partial charge in [0.25, 0.3) is 0 Å². The third kappa shape index (κ3) is 4.18. The fourth-order valence-corrected chi connectivity index (χ4v) is 2.61. The molecule has 0 aliphatic rings. The Hall–Kier alpha value is -1.13. The average molecular weight is 277 g/mol. The van der Waals surface area contributed by atoms with Crippen LogP contribution in [0.2, 0.25) is 0 Å². The number of aromatic nitrogens is 2. The Morgan fingerprint density at radius 1 is 1.37 bits per heavy atom. The molecular formula is C15H23N3S. The molecule has 19 heavy (non-hydrogen) atoms. The predicted octanol–water partition coefficient (Wildman–Crippen LogP) is 3.44. The molecule has 0 bridgehead atoms. The molecule has 0 unspecified atom stereocenters. The molecule has 0 spiro atoms. The van der Waals surface area contributed by atoms with Gasteiger partial charge in [-0.25, -0.2) is 4.98 Å². The van der Waals surface area contributed by atoms with Gasteiger partial charge in [0.2, 0.25) is 0 Å². The minimum atomic E-state index is 0.144. The summed E-state index contributed by atoms with van der Waals surface area (Å²) in [7, 11) is 0. The maximum atomic E-state index is 4.63. The van der Waals surface area contributed by atoms with Gasteiger partial charge in [-0.05, 0) is 39.3 Å². The molecule has 104 valence electrons. The molecule has 1 N–H and O–H groups in total. The topological polar surface area (TPSA) is 29.9 Å². The summed E-state index contributed by atoms with van der Waals surface area (Å²) in [5.74, 6) is 0. The lowest BCUT2D eigenvalue weighted by Crippen LogP contribution is -2.35. The van der Waals surface area contributed by atoms with E-state index in [2.05, 4.69) is 66.3 Å². The fourth-order valence-electron chi connectivity index (χ4n) is 1.88. The largest absolute Gasteiger partial charge is 0.344 e. The van der Waals surface area contributed by atoms with Gasteiger partial charge < -0.3 is 9.88 Å². The first-order valence-corrected chi connectivity index (χ1v) is 7.68. The van der Waals surface area contributed by atoms with Crippen LogP contribution in [0.25, 0.3) is 0 Å². The molecule has 3 nitrogen and oxygen atoms in total. The van der Waals surface area contributed by atoms with Crippen LogP contribution in [-0.4, -0.2) is 15.1 Å². The van der Waals surface area contributed by atoms with Gasteiger partial charge in [0.15, 0.2) is 0 Å². The van der Waals surface area contributed by atoms with Crippen molar-refractivity contribution in [2.75, 3.05) is 0 Å². The zero-order valence-corrected chi connectivity index (χ0v) is 13.0. The van der Waals surface area contributed by atoms with Crippen LogP contribution in [0.4, 0.5) is 0 Å². The second-order valence-electron chi connectivity index (χ2n) is 5.82. The van der Waals surface area contributed by atoms with Crippen molar-refractivity contribution < 1.29 is 0 Å². The van der Waals surface area contributed by atoms with Crippen LogP contribution in [0.3, 0.4) is 0 Å². The van der Waals surface area contributed by atoms with E-state index in [4.69, 9.17) is 0 Å². The zero-order valence-electron chi connectivity index (χ0n) is 12.2. The lowest BCUT2D eigenvalue weighted by Gasteiger charge is -2.21. The highest BCUT2D eigenvalue weighted by molar-refractivity contribution is 7.09. The van der Waals surface area contributed by atoms with Crippen LogP contribution >= 0.6 is 11.3 Å². The number of hydrogen-bond donors (Lipinski definition) is 1. The molecule has 2 rings (SSSR count). The number of aryl methyl sites for hydroxylation is 1. The molecule has 0 saturated carbocycles. The van der Waals surface area contributed by atoms with E-state index in [1.165, 1.54) is 10.7 Å². The summed E-state index contributed by atoms with van der Waals surface area (Å²) >= 11 is 1.75. The maximum absolute atomic E-state index is 4.63. The highest BCUT2D eigenvalue weighted by atomic mass is 32.1. The van der Waals surface area contributed by atoms with Crippen molar-refractivity contribution in [2.24, 2.45) is 0 Å². The predicted molar refractivity (Wildman–Crippen MR) is 81.6 cm³/mol. The number of nitrogens with zero attached hydrogens (tertiary/aromatic N) is 2. The van der Waals surface area contributed by atoms with Crippen LogP contribution < -0.4 is 5.32 Å². The Morgan fingerprint density at radius 3 is 2.79 bits per heavy atom. The second-order valence-corrected chi connectivity index (χ2v) is 6.76. The first-order valence-electron chi connectivity index (χ1n) is 6.80. The van der Waals surface area contributed by atoms with E-state index >= 15 is 0 Å². The van der Waals surface area contributed by atoms with Gasteiger partial charge in [-0.2, -0.15) is 0 Å². The standard InChI is InChI=1S/C15H23N3S/c1-5-14-17-12(11-19-14)10-18-8-6-7-13(18)9-16-15(2,3)4/h6-8,11,16H,5,9-10H2,1-4H3. The summed E-state index contributed by atoms with van der Waals surface area (Å²) in [4.78, 5) is 4.63. The summed E-state index contributed by atoms with van der Waals surface area (Å²) in [5, 5.41) is 6.91. The Kier molecular flexibility index (Phi) is 4.42. The van der Waals surface area contributed by atoms with E-state index < -0.39 is 0 Å². The normalized spacial score (nSPS) is 12.0. The van der Waals surface area contributed by atoms with Crippen molar-refractivity contribution in [3.63, 3.8) is 0 Å². The third-order valence-corrected chi connectivity index (χ3v) is 4.00. The second kappa shape index (κ2) is 5.88. The molecule has 0 aromatic carbocycles. The lowest BCUT2D eigenvalue weighted by atomic mass is 10.1. The minimum Gasteiger partial charge on any atom is -0.344 e. The van der Waals surface area contributed by atoms with E-state index in [1.54, 1.807) is 11.3 Å². The van der Waals surface area contributed by atoms with Gasteiger partial charge in [0.1, 0.15) is 0 Å². The lowest BCUT2D eigenvalue weighted by molar-refractivity contribution is 0.416. The summed E-state index contributed by atoms with van der Waals surface area (Å²) in [5.41, 5.74) is 2.61. The maximum Gasteiger partial charge on any atom is 0.0926 e. The third-order valence-electron chi connectivity index (χ3n) is 2.96. The van der Waals surface area contributed by atoms with Crippen LogP contribution in [-0.2, 0) is 19.5 Å². The molecule has 0 atom stereocenters. The smallest absolute Gasteiger partial charge is 0.0926 e. The van der Waals surface area contributed by atoms with Gasteiger partial charge in [0, 0.05) is 29.4 Å². The van der Waals surface area contributed by atoms with E-state index in [9.17, 15) is 0 Å². The molecule has 4 heteroatoms. The first-order chi connectivity index (χ1) is 8.98. The van der Waals surface area contributed by atoms with Gasteiger partial charge in [-0.1, -0.05) is 6.92 Å². The molecule has 0 aliphatic carbocycles. The Labute approximate surface area is 119 Å². The number of nitrogens with one attached hydrogen (secondary N) is 1. The molecule has 2 heterocycles. The highest BCUT2D eigenvalue weighted by Crippen LogP contribution is 2.13. The monoisotopic (exact) mass is 277 g/mol. The van der Waals surface area contributed by atoms with Gasteiger partial charge in [0.05, 0.1) is 17.2 Å². The summed E-state index contributed by atoms with van der Waals surface area (Å²) in [6.45, 7) is 10.5. The molecule has 2 aromatic heterocycles. The highest BCUT2D eigenvalue weighted by Gasteiger charge is 2.10. The molecule has 2 aromatic rings. The average Bonchev–Trinajstić information content (AvgIpc) is 2.95.